The largest absolute Gasteiger partial charge is 0.480 e. The Balaban J connectivity index is 2.99. The maximum Gasteiger partial charge on any atom is 0.326 e. The van der Waals surface area contributed by atoms with Gasteiger partial charge in [-0.25, -0.2) is 4.79 Å². The van der Waals surface area contributed by atoms with Crippen molar-refractivity contribution in [1.82, 2.24) is 31.9 Å². The summed E-state index contributed by atoms with van der Waals surface area (Å²) in [6.45, 7) is 3.73. The van der Waals surface area contributed by atoms with E-state index in [9.17, 15) is 29.1 Å². The zero-order chi connectivity index (χ0) is 34.6. The molecule has 4 atom stereocenters. The predicted octanol–water partition coefficient (Wildman–Crippen LogP) is -2.22. The first kappa shape index (κ1) is 39.1. The molecule has 17 nitrogen and oxygen atoms in total. The molecule has 0 fully saturated rings. The fourth-order valence-corrected chi connectivity index (χ4v) is 4.35. The summed E-state index contributed by atoms with van der Waals surface area (Å²) in [7, 11) is 0. The lowest BCUT2D eigenvalue weighted by Gasteiger charge is -2.25. The Morgan fingerprint density at radius 2 is 1.30 bits per heavy atom. The molecule has 15 N–H and O–H groups in total. The molecule has 0 heterocycles. The van der Waals surface area contributed by atoms with Crippen LogP contribution in [-0.2, 0) is 30.4 Å². The molecule has 0 aliphatic heterocycles. The van der Waals surface area contributed by atoms with Gasteiger partial charge in [-0.3, -0.25) is 30.0 Å². The van der Waals surface area contributed by atoms with Gasteiger partial charge in [-0.2, -0.15) is 0 Å². The van der Waals surface area contributed by atoms with Crippen LogP contribution in [0.5, 0.6) is 0 Å². The maximum atomic E-state index is 13.5. The minimum atomic E-state index is -1.27. The number of hydrogen-bond donors (Lipinski definition) is 12. The van der Waals surface area contributed by atoms with Crippen LogP contribution in [-0.4, -0.2) is 90.4 Å². The summed E-state index contributed by atoms with van der Waals surface area (Å²) in [5, 5.41) is 39.2. The normalized spacial score (nSPS) is 13.3. The molecule has 1 rings (SSSR count). The van der Waals surface area contributed by atoms with Crippen molar-refractivity contribution in [3.05, 3.63) is 35.9 Å². The first-order valence-electron chi connectivity index (χ1n) is 15.1. The van der Waals surface area contributed by atoms with Crippen molar-refractivity contribution >= 4 is 41.5 Å². The highest BCUT2D eigenvalue weighted by atomic mass is 16.4. The van der Waals surface area contributed by atoms with Gasteiger partial charge >= 0.3 is 5.97 Å². The Morgan fingerprint density at radius 1 is 0.761 bits per heavy atom. The van der Waals surface area contributed by atoms with Crippen LogP contribution in [0.25, 0.3) is 0 Å². The topological polar surface area (TPSA) is 304 Å². The molecule has 1 aromatic rings. The highest BCUT2D eigenvalue weighted by molar-refractivity contribution is 5.94. The van der Waals surface area contributed by atoms with Crippen LogP contribution in [0.3, 0.4) is 0 Å². The molecule has 0 aliphatic carbocycles. The molecule has 17 heteroatoms. The van der Waals surface area contributed by atoms with E-state index >= 15 is 0 Å². The minimum Gasteiger partial charge on any atom is -0.480 e. The van der Waals surface area contributed by atoms with E-state index in [0.717, 1.165) is 5.56 Å². The monoisotopic (exact) mass is 647 g/mol. The highest BCUT2D eigenvalue weighted by Gasteiger charge is 2.29. The summed E-state index contributed by atoms with van der Waals surface area (Å²) in [6.07, 6.45) is 1.25. The number of hydrogen-bond acceptors (Lipinski definition) is 8. The zero-order valence-electron chi connectivity index (χ0n) is 26.4. The van der Waals surface area contributed by atoms with Crippen molar-refractivity contribution in [3.8, 4) is 0 Å². The molecule has 0 bridgehead atoms. The molecule has 256 valence electrons. The van der Waals surface area contributed by atoms with Crippen molar-refractivity contribution in [2.24, 2.45) is 23.1 Å². The number of aliphatic carboxylic acids is 1. The lowest BCUT2D eigenvalue weighted by Crippen LogP contribution is -2.57. The first-order chi connectivity index (χ1) is 21.7. The number of carboxylic acids is 1. The van der Waals surface area contributed by atoms with Crippen molar-refractivity contribution in [1.29, 1.82) is 10.8 Å². The third kappa shape index (κ3) is 16.8. The molecule has 0 aliphatic rings. The number of carbonyl (C=O) groups is 5. The van der Waals surface area contributed by atoms with Crippen molar-refractivity contribution in [2.45, 2.75) is 76.5 Å². The van der Waals surface area contributed by atoms with E-state index < -0.39 is 60.3 Å². The summed E-state index contributed by atoms with van der Waals surface area (Å²) >= 11 is 0. The quantitative estimate of drug-likeness (QED) is 0.0385. The summed E-state index contributed by atoms with van der Waals surface area (Å²) < 4.78 is 0. The van der Waals surface area contributed by atoms with Crippen LogP contribution in [0, 0.1) is 16.7 Å². The molecule has 4 amide bonds. The molecule has 0 saturated carbocycles. The lowest BCUT2D eigenvalue weighted by molar-refractivity contribution is -0.142. The molecule has 0 spiro atoms. The van der Waals surface area contributed by atoms with Crippen LogP contribution < -0.4 is 49.1 Å². The van der Waals surface area contributed by atoms with E-state index in [-0.39, 0.29) is 50.2 Å². The number of nitrogens with one attached hydrogen (secondary N) is 8. The maximum absolute atomic E-state index is 13.5. The molecule has 0 aromatic heterocycles. The summed E-state index contributed by atoms with van der Waals surface area (Å²) in [4.78, 5) is 63.7. The van der Waals surface area contributed by atoms with E-state index in [1.165, 1.54) is 0 Å². The van der Waals surface area contributed by atoms with Crippen molar-refractivity contribution < 1.29 is 29.1 Å². The average Bonchev–Trinajstić information content (AvgIpc) is 2.98. The van der Waals surface area contributed by atoms with Crippen LogP contribution in [0.2, 0.25) is 0 Å². The van der Waals surface area contributed by atoms with Crippen LogP contribution >= 0.6 is 0 Å². The fourth-order valence-electron chi connectivity index (χ4n) is 4.35. The SMILES string of the molecule is CC(C)C[C@H](N)C(=O)N[C@@H](Cc1ccccc1)C(=O)N[C@@H](CCCNC(=N)N)C(=O)NCC(=O)N[C@@H](CCCNC(=N)N)C(=O)O. The third-order valence-electron chi connectivity index (χ3n) is 6.64. The molecular formula is C29H49N11O6. The predicted molar refractivity (Wildman–Crippen MR) is 172 cm³/mol. The number of carboxylic acid groups (broad SMARTS) is 1. The molecule has 0 radical (unpaired) electrons. The van der Waals surface area contributed by atoms with Gasteiger partial charge in [-0.05, 0) is 43.6 Å². The Bertz CT molecular complexity index is 1180. The molecule has 0 unspecified atom stereocenters. The summed E-state index contributed by atoms with van der Waals surface area (Å²) in [6, 6.07) is 4.66. The van der Waals surface area contributed by atoms with E-state index in [1.807, 2.05) is 19.9 Å². The molecule has 0 saturated heterocycles. The summed E-state index contributed by atoms with van der Waals surface area (Å²) in [5.41, 5.74) is 17.3. The van der Waals surface area contributed by atoms with Gasteiger partial charge in [0.15, 0.2) is 11.9 Å². The molecular weight excluding hydrogens is 598 g/mol. The van der Waals surface area contributed by atoms with E-state index in [0.29, 0.717) is 19.3 Å². The second kappa shape index (κ2) is 20.9. The Labute approximate surface area is 268 Å². The molecule has 1 aromatic carbocycles. The van der Waals surface area contributed by atoms with Gasteiger partial charge in [0.25, 0.3) is 0 Å². The summed E-state index contributed by atoms with van der Waals surface area (Å²) in [5.74, 6) is -4.31. The van der Waals surface area contributed by atoms with Gasteiger partial charge in [-0.15, -0.1) is 0 Å². The van der Waals surface area contributed by atoms with Gasteiger partial charge < -0.3 is 54.2 Å². The standard InChI is InChI=1S/C29H49N11O6/c1-17(2)14-19(30)24(42)40-22(15-18-8-4-3-5-9-18)26(44)39-20(10-6-12-35-28(31)32)25(43)37-16-23(41)38-21(27(45)46)11-7-13-36-29(33)34/h3-5,8-9,17,19-22H,6-7,10-16,30H2,1-2H3,(H,37,43)(H,38,41)(H,39,44)(H,40,42)(H,45,46)(H4,31,32,35)(H4,33,34,36)/t19-,20-,21-,22-/m0/s1. The Hall–Kier alpha value is -4.93. The second-order valence-electron chi connectivity index (χ2n) is 11.2. The molecule has 46 heavy (non-hydrogen) atoms. The van der Waals surface area contributed by atoms with E-state index in [2.05, 4.69) is 31.9 Å². The Kier molecular flexibility index (Phi) is 17.8. The number of rotatable bonds is 21. The zero-order valence-corrected chi connectivity index (χ0v) is 26.4. The van der Waals surface area contributed by atoms with Gasteiger partial charge in [0.2, 0.25) is 23.6 Å². The van der Waals surface area contributed by atoms with Crippen LogP contribution in [0.1, 0.15) is 51.5 Å². The first-order valence-corrected chi connectivity index (χ1v) is 15.1. The second-order valence-corrected chi connectivity index (χ2v) is 11.2. The van der Waals surface area contributed by atoms with Gasteiger partial charge in [0, 0.05) is 19.5 Å². The van der Waals surface area contributed by atoms with Crippen LogP contribution in [0.15, 0.2) is 30.3 Å². The average molecular weight is 648 g/mol. The Morgan fingerprint density at radius 3 is 1.83 bits per heavy atom. The van der Waals surface area contributed by atoms with E-state index in [4.69, 9.17) is 28.0 Å². The van der Waals surface area contributed by atoms with Crippen molar-refractivity contribution in [3.63, 3.8) is 0 Å². The van der Waals surface area contributed by atoms with E-state index in [1.54, 1.807) is 24.3 Å². The van der Waals surface area contributed by atoms with Crippen molar-refractivity contribution in [2.75, 3.05) is 19.6 Å². The van der Waals surface area contributed by atoms with Gasteiger partial charge in [0.05, 0.1) is 12.6 Å². The fraction of sp³-hybridized carbons (Fsp3) is 0.552. The number of carbonyl (C=O) groups excluding carboxylic acids is 4. The van der Waals surface area contributed by atoms with Crippen LogP contribution in [0.4, 0.5) is 0 Å². The third-order valence-corrected chi connectivity index (χ3v) is 6.64. The highest BCUT2D eigenvalue weighted by Crippen LogP contribution is 2.08. The lowest BCUT2D eigenvalue weighted by atomic mass is 10.0. The number of amides is 4. The number of guanidine groups is 2. The number of benzene rings is 1. The smallest absolute Gasteiger partial charge is 0.326 e. The minimum absolute atomic E-state index is 0.0481. The number of nitrogens with two attached hydrogens (primary N) is 3. The van der Waals surface area contributed by atoms with Gasteiger partial charge in [0.1, 0.15) is 18.1 Å². The van der Waals surface area contributed by atoms with Gasteiger partial charge in [-0.1, -0.05) is 44.2 Å².